The van der Waals surface area contributed by atoms with Crippen LogP contribution in [0.4, 0.5) is 0 Å². The summed E-state index contributed by atoms with van der Waals surface area (Å²) >= 11 is 0. The van der Waals surface area contributed by atoms with Crippen LogP contribution in [0.3, 0.4) is 0 Å². The molecule has 2 rings (SSSR count). The van der Waals surface area contributed by atoms with Crippen molar-refractivity contribution in [1.82, 2.24) is 9.47 Å². The van der Waals surface area contributed by atoms with Crippen molar-refractivity contribution in [2.24, 2.45) is 0 Å². The van der Waals surface area contributed by atoms with Gasteiger partial charge in [-0.3, -0.25) is 14.2 Å². The van der Waals surface area contributed by atoms with E-state index in [1.165, 1.54) is 27.8 Å². The number of rotatable bonds is 3. The van der Waals surface area contributed by atoms with Crippen molar-refractivity contribution >= 4 is 24.7 Å². The standard InChI is InChI=1S/C16H23BN2O4/c1-15(2)16(3,4)23-17(22-15)12-7-8-14(21)19(11-12)10-9-13(20)18(5)6/h7-11H,1-6H3. The third-order valence-corrected chi connectivity index (χ3v) is 4.30. The Morgan fingerprint density at radius 3 is 2.26 bits per heavy atom. The second-order valence-electron chi connectivity index (χ2n) is 6.84. The zero-order valence-electron chi connectivity index (χ0n) is 14.5. The van der Waals surface area contributed by atoms with Crippen molar-refractivity contribution in [3.63, 3.8) is 0 Å². The van der Waals surface area contributed by atoms with Gasteiger partial charge in [0.2, 0.25) is 5.91 Å². The molecule has 6 nitrogen and oxygen atoms in total. The van der Waals surface area contributed by atoms with Crippen molar-refractivity contribution in [2.45, 2.75) is 38.9 Å². The van der Waals surface area contributed by atoms with Crippen molar-refractivity contribution in [2.75, 3.05) is 14.1 Å². The molecule has 23 heavy (non-hydrogen) atoms. The molecule has 7 heteroatoms. The lowest BCUT2D eigenvalue weighted by Gasteiger charge is -2.32. The summed E-state index contributed by atoms with van der Waals surface area (Å²) in [6.45, 7) is 7.88. The summed E-state index contributed by atoms with van der Waals surface area (Å²) in [5.41, 5.74) is -0.400. The molecule has 0 N–H and O–H groups in total. The van der Waals surface area contributed by atoms with Gasteiger partial charge >= 0.3 is 7.12 Å². The van der Waals surface area contributed by atoms with E-state index in [2.05, 4.69) is 0 Å². The topological polar surface area (TPSA) is 60.8 Å². The summed E-state index contributed by atoms with van der Waals surface area (Å²) in [7, 11) is 2.75. The minimum absolute atomic E-state index is 0.196. The molecule has 0 saturated carbocycles. The average Bonchev–Trinajstić information content (AvgIpc) is 2.66. The van der Waals surface area contributed by atoms with Crippen LogP contribution in [0, 0.1) is 0 Å². The SMILES string of the molecule is CN(C)C(=O)C=Cn1cc(B2OC(C)(C)C(C)(C)O2)ccc1=O. The molecule has 1 aromatic heterocycles. The Bertz CT molecular complexity index is 676. The Morgan fingerprint density at radius 2 is 1.74 bits per heavy atom. The molecule has 0 bridgehead atoms. The van der Waals surface area contributed by atoms with Gasteiger partial charge < -0.3 is 14.2 Å². The Morgan fingerprint density at radius 1 is 1.17 bits per heavy atom. The summed E-state index contributed by atoms with van der Waals surface area (Å²) in [4.78, 5) is 25.0. The molecule has 0 spiro atoms. The van der Waals surface area contributed by atoms with E-state index >= 15 is 0 Å². The smallest absolute Gasteiger partial charge is 0.399 e. The second kappa shape index (κ2) is 5.98. The van der Waals surface area contributed by atoms with Crippen LogP contribution in [0.2, 0.25) is 0 Å². The van der Waals surface area contributed by atoms with Crippen LogP contribution in [0.25, 0.3) is 6.20 Å². The second-order valence-corrected chi connectivity index (χ2v) is 6.84. The van der Waals surface area contributed by atoms with Gasteiger partial charge in [0.25, 0.3) is 5.56 Å². The van der Waals surface area contributed by atoms with E-state index < -0.39 is 18.3 Å². The molecular formula is C16H23BN2O4. The first kappa shape index (κ1) is 17.5. The van der Waals surface area contributed by atoms with Crippen LogP contribution in [0.15, 0.2) is 29.2 Å². The third-order valence-electron chi connectivity index (χ3n) is 4.30. The first-order chi connectivity index (χ1) is 10.5. The van der Waals surface area contributed by atoms with E-state index in [0.29, 0.717) is 0 Å². The molecule has 1 amide bonds. The Balaban J connectivity index is 2.28. The fraction of sp³-hybridized carbons (Fsp3) is 0.500. The van der Waals surface area contributed by atoms with Crippen molar-refractivity contribution in [3.05, 3.63) is 34.8 Å². The first-order valence-electron chi connectivity index (χ1n) is 7.51. The molecule has 0 aromatic carbocycles. The van der Waals surface area contributed by atoms with Crippen LogP contribution in [-0.4, -0.2) is 47.8 Å². The number of nitrogens with zero attached hydrogens (tertiary/aromatic N) is 2. The van der Waals surface area contributed by atoms with E-state index in [4.69, 9.17) is 9.31 Å². The molecule has 0 radical (unpaired) electrons. The molecule has 1 aliphatic heterocycles. The highest BCUT2D eigenvalue weighted by molar-refractivity contribution is 6.62. The number of hydrogen-bond donors (Lipinski definition) is 0. The van der Waals surface area contributed by atoms with Crippen LogP contribution < -0.4 is 11.0 Å². The fourth-order valence-corrected chi connectivity index (χ4v) is 2.05. The van der Waals surface area contributed by atoms with Gasteiger partial charge in [-0.25, -0.2) is 0 Å². The van der Waals surface area contributed by atoms with Gasteiger partial charge in [-0.05, 0) is 33.2 Å². The molecule has 1 aromatic rings. The summed E-state index contributed by atoms with van der Waals surface area (Å²) in [6.07, 6.45) is 4.42. The maximum Gasteiger partial charge on any atom is 0.496 e. The molecular weight excluding hydrogens is 295 g/mol. The number of pyridine rings is 1. The minimum atomic E-state index is -0.551. The normalized spacial score (nSPS) is 19.3. The molecule has 1 fully saturated rings. The molecule has 0 atom stereocenters. The Kier molecular flexibility index (Phi) is 4.55. The van der Waals surface area contributed by atoms with E-state index in [9.17, 15) is 9.59 Å². The number of aromatic nitrogens is 1. The van der Waals surface area contributed by atoms with Gasteiger partial charge in [-0.1, -0.05) is 6.07 Å². The van der Waals surface area contributed by atoms with Gasteiger partial charge in [-0.15, -0.1) is 0 Å². The van der Waals surface area contributed by atoms with Crippen LogP contribution in [0.5, 0.6) is 0 Å². The lowest BCUT2D eigenvalue weighted by molar-refractivity contribution is -0.123. The highest BCUT2D eigenvalue weighted by Crippen LogP contribution is 2.36. The number of carbonyl (C=O) groups is 1. The minimum Gasteiger partial charge on any atom is -0.399 e. The van der Waals surface area contributed by atoms with Gasteiger partial charge in [-0.2, -0.15) is 0 Å². The van der Waals surface area contributed by atoms with E-state index in [0.717, 1.165) is 5.46 Å². The Labute approximate surface area is 136 Å². The van der Waals surface area contributed by atoms with Crippen molar-refractivity contribution in [1.29, 1.82) is 0 Å². The largest absolute Gasteiger partial charge is 0.496 e. The maximum atomic E-state index is 11.9. The maximum absolute atomic E-state index is 11.9. The van der Waals surface area contributed by atoms with Crippen LogP contribution in [-0.2, 0) is 14.1 Å². The van der Waals surface area contributed by atoms with Gasteiger partial charge in [0.05, 0.1) is 11.2 Å². The zero-order chi connectivity index (χ0) is 17.4. The first-order valence-corrected chi connectivity index (χ1v) is 7.51. The molecule has 2 heterocycles. The lowest BCUT2D eigenvalue weighted by Crippen LogP contribution is -2.41. The highest BCUT2D eigenvalue weighted by atomic mass is 16.7. The fourth-order valence-electron chi connectivity index (χ4n) is 2.05. The summed E-state index contributed by atoms with van der Waals surface area (Å²) in [5, 5.41) is 0. The van der Waals surface area contributed by atoms with Gasteiger partial charge in [0, 0.05) is 38.6 Å². The highest BCUT2D eigenvalue weighted by Gasteiger charge is 2.51. The van der Waals surface area contributed by atoms with E-state index in [-0.39, 0.29) is 11.5 Å². The monoisotopic (exact) mass is 318 g/mol. The molecule has 1 aliphatic rings. The summed E-state index contributed by atoms with van der Waals surface area (Å²) < 4.78 is 13.3. The Hall–Kier alpha value is -1.86. The van der Waals surface area contributed by atoms with Crippen molar-refractivity contribution in [3.8, 4) is 0 Å². The van der Waals surface area contributed by atoms with Gasteiger partial charge in [0.1, 0.15) is 0 Å². The number of hydrogen-bond acceptors (Lipinski definition) is 4. The predicted molar refractivity (Wildman–Crippen MR) is 90.4 cm³/mol. The average molecular weight is 318 g/mol. The lowest BCUT2D eigenvalue weighted by atomic mass is 9.80. The van der Waals surface area contributed by atoms with E-state index in [1.54, 1.807) is 26.4 Å². The third kappa shape index (κ3) is 3.56. The molecule has 1 saturated heterocycles. The quantitative estimate of drug-likeness (QED) is 0.608. The number of carbonyl (C=O) groups excluding carboxylic acids is 1. The van der Waals surface area contributed by atoms with Crippen LogP contribution >= 0.6 is 0 Å². The van der Waals surface area contributed by atoms with E-state index in [1.807, 2.05) is 27.7 Å². The van der Waals surface area contributed by atoms with Gasteiger partial charge in [0.15, 0.2) is 0 Å². The molecule has 124 valence electrons. The summed E-state index contributed by atoms with van der Waals surface area (Å²) in [6, 6.07) is 3.12. The predicted octanol–water partition coefficient (Wildman–Crippen LogP) is 0.706. The zero-order valence-corrected chi connectivity index (χ0v) is 14.5. The number of amides is 1. The molecule has 0 unspecified atom stereocenters. The molecule has 0 aliphatic carbocycles. The number of likely N-dealkylation sites (N-methyl/N-ethyl adjacent to an activating group) is 1. The summed E-state index contributed by atoms with van der Waals surface area (Å²) in [5.74, 6) is -0.196. The van der Waals surface area contributed by atoms with Crippen LogP contribution in [0.1, 0.15) is 27.7 Å². The van der Waals surface area contributed by atoms with Crippen molar-refractivity contribution < 1.29 is 14.1 Å².